The summed E-state index contributed by atoms with van der Waals surface area (Å²) in [5.74, 6) is 0.608. The van der Waals surface area contributed by atoms with Gasteiger partial charge >= 0.3 is 0 Å². The molecule has 1 unspecified atom stereocenters. The van der Waals surface area contributed by atoms with E-state index in [4.69, 9.17) is 5.73 Å². The van der Waals surface area contributed by atoms with Crippen molar-refractivity contribution in [3.63, 3.8) is 0 Å². The smallest absolute Gasteiger partial charge is 0.230 e. The number of carbonyl (C=O) groups is 1. The fourth-order valence-corrected chi connectivity index (χ4v) is 2.58. The average Bonchev–Trinajstić information content (AvgIpc) is 3.09. The zero-order valence-corrected chi connectivity index (χ0v) is 9.98. The third-order valence-corrected chi connectivity index (χ3v) is 4.21. The van der Waals surface area contributed by atoms with Gasteiger partial charge in [0.05, 0.1) is 11.5 Å². The molecule has 0 aromatic heterocycles. The molecule has 2 rings (SSSR count). The second-order valence-corrected chi connectivity index (χ2v) is 5.35. The molecule has 3 N–H and O–H groups in total. The zero-order chi connectivity index (χ0) is 11.8. The Bertz CT molecular complexity index is 266. The van der Waals surface area contributed by atoms with Crippen molar-refractivity contribution in [2.24, 2.45) is 17.1 Å². The van der Waals surface area contributed by atoms with Gasteiger partial charge in [0.25, 0.3) is 0 Å². The molecule has 1 amide bonds. The van der Waals surface area contributed by atoms with Gasteiger partial charge < -0.3 is 15.7 Å². The first-order valence-electron chi connectivity index (χ1n) is 6.26. The van der Waals surface area contributed by atoms with E-state index in [2.05, 4.69) is 0 Å². The normalized spacial score (nSPS) is 26.6. The number of amides is 1. The van der Waals surface area contributed by atoms with E-state index in [1.807, 2.05) is 11.8 Å². The molecule has 0 radical (unpaired) electrons. The minimum absolute atomic E-state index is 0.211. The number of hydrogen-bond acceptors (Lipinski definition) is 3. The number of nitrogens with zero attached hydrogens (tertiary/aromatic N) is 1. The van der Waals surface area contributed by atoms with Crippen LogP contribution in [0.25, 0.3) is 0 Å². The predicted molar refractivity (Wildman–Crippen MR) is 61.7 cm³/mol. The number of aliphatic hydroxyl groups excluding tert-OH is 1. The van der Waals surface area contributed by atoms with Crippen LogP contribution in [0, 0.1) is 11.3 Å². The van der Waals surface area contributed by atoms with E-state index in [0.29, 0.717) is 12.5 Å². The summed E-state index contributed by atoms with van der Waals surface area (Å²) < 4.78 is 0. The highest BCUT2D eigenvalue weighted by molar-refractivity contribution is 5.85. The van der Waals surface area contributed by atoms with Crippen LogP contribution in [0.15, 0.2) is 0 Å². The summed E-state index contributed by atoms with van der Waals surface area (Å²) in [6.45, 7) is 3.90. The van der Waals surface area contributed by atoms with E-state index >= 15 is 0 Å². The molecule has 16 heavy (non-hydrogen) atoms. The Morgan fingerprint density at radius 3 is 2.44 bits per heavy atom. The maximum Gasteiger partial charge on any atom is 0.230 e. The number of piperidine rings is 1. The van der Waals surface area contributed by atoms with Gasteiger partial charge in [-0.05, 0) is 38.5 Å². The fourth-order valence-electron chi connectivity index (χ4n) is 2.58. The van der Waals surface area contributed by atoms with Crippen molar-refractivity contribution in [1.29, 1.82) is 0 Å². The molecular weight excluding hydrogens is 204 g/mol. The van der Waals surface area contributed by atoms with Gasteiger partial charge in [0.15, 0.2) is 0 Å². The van der Waals surface area contributed by atoms with Crippen LogP contribution in [-0.2, 0) is 4.79 Å². The van der Waals surface area contributed by atoms with Gasteiger partial charge in [0.2, 0.25) is 5.91 Å². The quantitative estimate of drug-likeness (QED) is 0.729. The molecule has 1 aliphatic heterocycles. The number of likely N-dealkylation sites (tertiary alicyclic amines) is 1. The first kappa shape index (κ1) is 11.9. The summed E-state index contributed by atoms with van der Waals surface area (Å²) in [6.07, 6.45) is 3.51. The Labute approximate surface area is 96.8 Å². The molecule has 4 nitrogen and oxygen atoms in total. The minimum atomic E-state index is -0.248. The van der Waals surface area contributed by atoms with E-state index in [0.717, 1.165) is 38.8 Å². The third-order valence-electron chi connectivity index (χ3n) is 4.21. The Kier molecular flexibility index (Phi) is 3.22. The fraction of sp³-hybridized carbons (Fsp3) is 0.917. The third kappa shape index (κ3) is 2.09. The summed E-state index contributed by atoms with van der Waals surface area (Å²) >= 11 is 0. The maximum absolute atomic E-state index is 12.2. The lowest BCUT2D eigenvalue weighted by Gasteiger charge is -2.35. The highest BCUT2D eigenvalue weighted by Gasteiger charge is 2.50. The predicted octanol–water partition coefficient (Wildman–Crippen LogP) is 0.345. The van der Waals surface area contributed by atoms with Crippen molar-refractivity contribution in [3.8, 4) is 0 Å². The van der Waals surface area contributed by atoms with Crippen LogP contribution in [0.3, 0.4) is 0 Å². The molecule has 92 valence electrons. The number of hydrogen-bond donors (Lipinski definition) is 2. The van der Waals surface area contributed by atoms with E-state index in [-0.39, 0.29) is 17.4 Å². The van der Waals surface area contributed by atoms with Gasteiger partial charge in [-0.1, -0.05) is 0 Å². The average molecular weight is 226 g/mol. The highest BCUT2D eigenvalue weighted by Crippen LogP contribution is 2.46. The molecule has 1 saturated carbocycles. The molecule has 0 aromatic rings. The van der Waals surface area contributed by atoms with Crippen molar-refractivity contribution < 1.29 is 9.90 Å². The molecular formula is C12H22N2O2. The number of carbonyl (C=O) groups excluding carboxylic acids is 1. The van der Waals surface area contributed by atoms with E-state index in [9.17, 15) is 9.90 Å². The van der Waals surface area contributed by atoms with Crippen LogP contribution in [0.2, 0.25) is 0 Å². The standard InChI is InChI=1S/C12H22N2O2/c1-9(15)10-2-6-14(7-3-10)11(16)12(8-13)4-5-12/h9-10,15H,2-8,13H2,1H3. The van der Waals surface area contributed by atoms with Gasteiger partial charge in [0, 0.05) is 19.6 Å². The van der Waals surface area contributed by atoms with Crippen LogP contribution >= 0.6 is 0 Å². The molecule has 2 aliphatic rings. The Balaban J connectivity index is 1.87. The second-order valence-electron chi connectivity index (χ2n) is 5.35. The van der Waals surface area contributed by atoms with Crippen molar-refractivity contribution in [1.82, 2.24) is 4.90 Å². The lowest BCUT2D eigenvalue weighted by atomic mass is 9.91. The summed E-state index contributed by atoms with van der Waals surface area (Å²) in [6, 6.07) is 0. The molecule has 1 atom stereocenters. The van der Waals surface area contributed by atoms with Gasteiger partial charge in [-0.25, -0.2) is 0 Å². The van der Waals surface area contributed by atoms with Crippen molar-refractivity contribution in [2.75, 3.05) is 19.6 Å². The van der Waals surface area contributed by atoms with Crippen LogP contribution in [0.4, 0.5) is 0 Å². The minimum Gasteiger partial charge on any atom is -0.393 e. The number of aliphatic hydroxyl groups is 1. The van der Waals surface area contributed by atoms with Gasteiger partial charge in [-0.2, -0.15) is 0 Å². The summed E-state index contributed by atoms with van der Waals surface area (Å²) in [7, 11) is 0. The summed E-state index contributed by atoms with van der Waals surface area (Å²) in [4.78, 5) is 14.1. The summed E-state index contributed by atoms with van der Waals surface area (Å²) in [5, 5.41) is 9.50. The number of rotatable bonds is 3. The van der Waals surface area contributed by atoms with Crippen LogP contribution in [0.1, 0.15) is 32.6 Å². The van der Waals surface area contributed by atoms with Crippen LogP contribution in [0.5, 0.6) is 0 Å². The Hall–Kier alpha value is -0.610. The molecule has 0 aromatic carbocycles. The van der Waals surface area contributed by atoms with Crippen molar-refractivity contribution in [2.45, 2.75) is 38.7 Å². The topological polar surface area (TPSA) is 66.6 Å². The molecule has 1 aliphatic carbocycles. The highest BCUT2D eigenvalue weighted by atomic mass is 16.3. The van der Waals surface area contributed by atoms with Crippen LogP contribution < -0.4 is 5.73 Å². The molecule has 1 saturated heterocycles. The van der Waals surface area contributed by atoms with E-state index in [1.54, 1.807) is 0 Å². The largest absolute Gasteiger partial charge is 0.393 e. The van der Waals surface area contributed by atoms with E-state index in [1.165, 1.54) is 0 Å². The lowest BCUT2D eigenvalue weighted by Crippen LogP contribution is -2.45. The Morgan fingerprint density at radius 1 is 1.50 bits per heavy atom. The molecule has 0 bridgehead atoms. The van der Waals surface area contributed by atoms with Gasteiger partial charge in [-0.3, -0.25) is 4.79 Å². The van der Waals surface area contributed by atoms with Gasteiger partial charge in [0.1, 0.15) is 0 Å². The SMILES string of the molecule is CC(O)C1CCN(C(=O)C2(CN)CC2)CC1. The molecule has 4 heteroatoms. The van der Waals surface area contributed by atoms with Crippen molar-refractivity contribution in [3.05, 3.63) is 0 Å². The summed E-state index contributed by atoms with van der Waals surface area (Å²) in [5.41, 5.74) is 5.45. The molecule has 1 heterocycles. The van der Waals surface area contributed by atoms with Gasteiger partial charge in [-0.15, -0.1) is 0 Å². The lowest BCUT2D eigenvalue weighted by molar-refractivity contribution is -0.138. The van der Waals surface area contributed by atoms with Crippen LogP contribution in [-0.4, -0.2) is 41.7 Å². The second kappa shape index (κ2) is 4.34. The first-order chi connectivity index (χ1) is 7.59. The Morgan fingerprint density at radius 2 is 2.06 bits per heavy atom. The van der Waals surface area contributed by atoms with E-state index < -0.39 is 0 Å². The zero-order valence-electron chi connectivity index (χ0n) is 9.98. The van der Waals surface area contributed by atoms with Crippen molar-refractivity contribution >= 4 is 5.91 Å². The monoisotopic (exact) mass is 226 g/mol. The maximum atomic E-state index is 12.2. The molecule has 2 fully saturated rings. The first-order valence-corrected chi connectivity index (χ1v) is 6.26. The molecule has 0 spiro atoms. The number of nitrogens with two attached hydrogens (primary N) is 1.